The Bertz CT molecular complexity index is 691. The van der Waals surface area contributed by atoms with Crippen LogP contribution in [0.4, 0.5) is 4.79 Å². The SMILES string of the molecule is CC(C)NC(=O)N1CCN(C(=O)c2ccsc2)C[C@@]2(CC(=O)N(C)C2)C1. The maximum atomic E-state index is 12.9. The first kappa shape index (κ1) is 18.7. The van der Waals surface area contributed by atoms with Crippen LogP contribution in [0, 0.1) is 5.41 Å². The van der Waals surface area contributed by atoms with Crippen molar-refractivity contribution in [2.75, 3.05) is 39.8 Å². The zero-order valence-electron chi connectivity index (χ0n) is 15.5. The minimum atomic E-state index is -0.414. The molecule has 26 heavy (non-hydrogen) atoms. The first-order valence-corrected chi connectivity index (χ1v) is 9.85. The molecule has 1 atom stereocenters. The van der Waals surface area contributed by atoms with Gasteiger partial charge in [0.15, 0.2) is 0 Å². The summed E-state index contributed by atoms with van der Waals surface area (Å²) in [6, 6.07) is 1.73. The van der Waals surface area contributed by atoms with E-state index in [0.29, 0.717) is 44.7 Å². The molecule has 2 fully saturated rings. The van der Waals surface area contributed by atoms with Crippen LogP contribution in [0.1, 0.15) is 30.6 Å². The van der Waals surface area contributed by atoms with Crippen molar-refractivity contribution in [1.29, 1.82) is 0 Å². The quantitative estimate of drug-likeness (QED) is 0.847. The number of hydrogen-bond donors (Lipinski definition) is 1. The van der Waals surface area contributed by atoms with Gasteiger partial charge in [-0.2, -0.15) is 11.3 Å². The van der Waals surface area contributed by atoms with Crippen molar-refractivity contribution in [3.05, 3.63) is 22.4 Å². The van der Waals surface area contributed by atoms with E-state index in [1.165, 1.54) is 11.3 Å². The molecule has 1 aromatic rings. The van der Waals surface area contributed by atoms with Crippen LogP contribution in [-0.2, 0) is 4.79 Å². The molecular formula is C18H26N4O3S. The minimum absolute atomic E-state index is 0.0289. The van der Waals surface area contributed by atoms with E-state index in [-0.39, 0.29) is 23.9 Å². The molecule has 0 saturated carbocycles. The van der Waals surface area contributed by atoms with Crippen LogP contribution in [0.25, 0.3) is 0 Å². The Hall–Kier alpha value is -2.09. The first-order chi connectivity index (χ1) is 12.3. The second kappa shape index (κ2) is 7.26. The molecule has 0 aliphatic carbocycles. The van der Waals surface area contributed by atoms with Crippen molar-refractivity contribution in [3.8, 4) is 0 Å². The Morgan fingerprint density at radius 2 is 1.88 bits per heavy atom. The topological polar surface area (TPSA) is 73.0 Å². The highest BCUT2D eigenvalue weighted by Gasteiger charge is 2.47. The first-order valence-electron chi connectivity index (χ1n) is 8.90. The van der Waals surface area contributed by atoms with E-state index in [0.717, 1.165) is 0 Å². The van der Waals surface area contributed by atoms with Gasteiger partial charge in [0.05, 0.1) is 5.56 Å². The highest BCUT2D eigenvalue weighted by atomic mass is 32.1. The molecule has 2 saturated heterocycles. The average molecular weight is 378 g/mol. The van der Waals surface area contributed by atoms with Gasteiger partial charge in [0.25, 0.3) is 5.91 Å². The van der Waals surface area contributed by atoms with Crippen molar-refractivity contribution >= 4 is 29.2 Å². The molecule has 7 nitrogen and oxygen atoms in total. The van der Waals surface area contributed by atoms with Crippen LogP contribution in [0.15, 0.2) is 16.8 Å². The van der Waals surface area contributed by atoms with Crippen LogP contribution < -0.4 is 5.32 Å². The number of nitrogens with one attached hydrogen (secondary N) is 1. The molecule has 0 bridgehead atoms. The van der Waals surface area contributed by atoms with Gasteiger partial charge in [-0.05, 0) is 25.3 Å². The van der Waals surface area contributed by atoms with Crippen LogP contribution in [0.2, 0.25) is 0 Å². The fourth-order valence-corrected chi connectivity index (χ4v) is 4.46. The van der Waals surface area contributed by atoms with Crippen molar-refractivity contribution in [3.63, 3.8) is 0 Å². The van der Waals surface area contributed by atoms with E-state index in [1.807, 2.05) is 30.7 Å². The summed E-state index contributed by atoms with van der Waals surface area (Å²) in [5.41, 5.74) is 0.255. The number of urea groups is 1. The summed E-state index contributed by atoms with van der Waals surface area (Å²) in [5.74, 6) is 0.0396. The van der Waals surface area contributed by atoms with Gasteiger partial charge in [0.1, 0.15) is 0 Å². The molecule has 1 N–H and O–H groups in total. The number of hydrogen-bond acceptors (Lipinski definition) is 4. The van der Waals surface area contributed by atoms with Crippen LogP contribution in [0.3, 0.4) is 0 Å². The van der Waals surface area contributed by atoms with Gasteiger partial charge in [-0.15, -0.1) is 0 Å². The molecule has 0 aromatic carbocycles. The summed E-state index contributed by atoms with van der Waals surface area (Å²) in [6.07, 6.45) is 0.363. The molecule has 3 heterocycles. The number of rotatable bonds is 2. The van der Waals surface area contributed by atoms with E-state index in [9.17, 15) is 14.4 Å². The van der Waals surface area contributed by atoms with Gasteiger partial charge in [0, 0.05) is 63.0 Å². The number of likely N-dealkylation sites (tertiary alicyclic amines) is 1. The third kappa shape index (κ3) is 3.85. The molecule has 0 radical (unpaired) electrons. The van der Waals surface area contributed by atoms with Crippen molar-refractivity contribution in [2.24, 2.45) is 5.41 Å². The lowest BCUT2D eigenvalue weighted by Crippen LogP contribution is -2.49. The predicted molar refractivity (Wildman–Crippen MR) is 100 cm³/mol. The third-order valence-corrected chi connectivity index (χ3v) is 5.65. The summed E-state index contributed by atoms with van der Waals surface area (Å²) >= 11 is 1.49. The summed E-state index contributed by atoms with van der Waals surface area (Å²) in [4.78, 5) is 43.0. The Morgan fingerprint density at radius 3 is 2.46 bits per heavy atom. The Kier molecular flexibility index (Phi) is 5.22. The summed E-state index contributed by atoms with van der Waals surface area (Å²) < 4.78 is 0. The summed E-state index contributed by atoms with van der Waals surface area (Å²) in [6.45, 7) is 6.31. The average Bonchev–Trinajstić information content (AvgIpc) is 3.13. The number of nitrogens with zero attached hydrogens (tertiary/aromatic N) is 3. The molecular weight excluding hydrogens is 352 g/mol. The van der Waals surface area contributed by atoms with Gasteiger partial charge in [-0.25, -0.2) is 4.79 Å². The van der Waals surface area contributed by atoms with Gasteiger partial charge in [-0.1, -0.05) is 0 Å². The summed E-state index contributed by atoms with van der Waals surface area (Å²) in [5, 5.41) is 6.65. The zero-order chi connectivity index (χ0) is 18.9. The molecule has 1 aromatic heterocycles. The van der Waals surface area contributed by atoms with Gasteiger partial charge in [-0.3, -0.25) is 9.59 Å². The Morgan fingerprint density at radius 1 is 1.19 bits per heavy atom. The van der Waals surface area contributed by atoms with E-state index in [1.54, 1.807) is 21.7 Å². The van der Waals surface area contributed by atoms with Crippen LogP contribution in [0.5, 0.6) is 0 Å². The lowest BCUT2D eigenvalue weighted by atomic mass is 9.86. The van der Waals surface area contributed by atoms with E-state index < -0.39 is 5.41 Å². The van der Waals surface area contributed by atoms with Crippen molar-refractivity contribution < 1.29 is 14.4 Å². The van der Waals surface area contributed by atoms with Crippen LogP contribution >= 0.6 is 11.3 Å². The Balaban J connectivity index is 1.84. The monoisotopic (exact) mass is 378 g/mol. The smallest absolute Gasteiger partial charge is 0.317 e. The zero-order valence-corrected chi connectivity index (χ0v) is 16.3. The third-order valence-electron chi connectivity index (χ3n) is 4.97. The molecule has 0 unspecified atom stereocenters. The molecule has 142 valence electrons. The number of carbonyl (C=O) groups excluding carboxylic acids is 3. The lowest BCUT2D eigenvalue weighted by Gasteiger charge is -2.33. The number of carbonyl (C=O) groups is 3. The van der Waals surface area contributed by atoms with E-state index in [4.69, 9.17) is 0 Å². The predicted octanol–water partition coefficient (Wildman–Crippen LogP) is 1.47. The second-order valence-electron chi connectivity index (χ2n) is 7.69. The van der Waals surface area contributed by atoms with E-state index in [2.05, 4.69) is 5.32 Å². The molecule has 4 amide bonds. The van der Waals surface area contributed by atoms with Crippen LogP contribution in [-0.4, -0.2) is 78.4 Å². The molecule has 3 rings (SSSR count). The molecule has 8 heteroatoms. The maximum absolute atomic E-state index is 12.9. The maximum Gasteiger partial charge on any atom is 0.317 e. The number of thiophene rings is 1. The highest BCUT2D eigenvalue weighted by Crippen LogP contribution is 2.35. The Labute approximate surface area is 157 Å². The fraction of sp³-hybridized carbons (Fsp3) is 0.611. The van der Waals surface area contributed by atoms with Gasteiger partial charge < -0.3 is 20.0 Å². The fourth-order valence-electron chi connectivity index (χ4n) is 3.83. The minimum Gasteiger partial charge on any atom is -0.345 e. The molecule has 2 aliphatic rings. The second-order valence-corrected chi connectivity index (χ2v) is 8.47. The molecule has 2 aliphatic heterocycles. The van der Waals surface area contributed by atoms with Gasteiger partial charge >= 0.3 is 6.03 Å². The lowest BCUT2D eigenvalue weighted by molar-refractivity contribution is -0.126. The standard InChI is InChI=1S/C18H26N4O3S/c1-13(2)19-17(25)22-6-5-21(16(24)14-4-7-26-9-14)11-18(12-22)8-15(23)20(3)10-18/h4,7,9,13H,5-6,8,10-12H2,1-3H3,(H,19,25)/t18-/m0/s1. The summed E-state index contributed by atoms with van der Waals surface area (Å²) in [7, 11) is 1.78. The number of amides is 4. The molecule has 1 spiro atoms. The van der Waals surface area contributed by atoms with Gasteiger partial charge in [0.2, 0.25) is 5.91 Å². The van der Waals surface area contributed by atoms with Crippen molar-refractivity contribution in [2.45, 2.75) is 26.3 Å². The highest BCUT2D eigenvalue weighted by molar-refractivity contribution is 7.08. The van der Waals surface area contributed by atoms with E-state index >= 15 is 0 Å². The largest absolute Gasteiger partial charge is 0.345 e. The normalized spacial score (nSPS) is 23.7. The van der Waals surface area contributed by atoms with Crippen molar-refractivity contribution in [1.82, 2.24) is 20.0 Å².